The van der Waals surface area contributed by atoms with Crippen LogP contribution in [0.25, 0.3) is 0 Å². The lowest BCUT2D eigenvalue weighted by Gasteiger charge is -2.07. The van der Waals surface area contributed by atoms with Crippen LogP contribution in [0.4, 0.5) is 17.3 Å². The minimum absolute atomic E-state index is 0.419. The SMILES string of the molecule is N#CCCNc1cc(Nc2ccc(C#N)cc2)ncn1. The van der Waals surface area contributed by atoms with Crippen LogP contribution in [0.2, 0.25) is 0 Å². The van der Waals surface area contributed by atoms with Crippen LogP contribution >= 0.6 is 0 Å². The van der Waals surface area contributed by atoms with Crippen LogP contribution in [0.1, 0.15) is 12.0 Å². The van der Waals surface area contributed by atoms with E-state index in [-0.39, 0.29) is 0 Å². The average Bonchev–Trinajstić information content (AvgIpc) is 2.49. The third-order valence-corrected chi connectivity index (χ3v) is 2.50. The van der Waals surface area contributed by atoms with Gasteiger partial charge in [-0.15, -0.1) is 0 Å². The maximum Gasteiger partial charge on any atom is 0.135 e. The predicted octanol–water partition coefficient (Wildman–Crippen LogP) is 2.42. The van der Waals surface area contributed by atoms with Gasteiger partial charge in [0.1, 0.15) is 18.0 Å². The van der Waals surface area contributed by atoms with Crippen LogP contribution in [-0.4, -0.2) is 16.5 Å². The van der Waals surface area contributed by atoms with Crippen LogP contribution in [0.3, 0.4) is 0 Å². The zero-order chi connectivity index (χ0) is 14.2. The quantitative estimate of drug-likeness (QED) is 0.805. The fourth-order valence-electron chi connectivity index (χ4n) is 1.54. The molecule has 0 fully saturated rings. The molecule has 0 saturated heterocycles. The van der Waals surface area contributed by atoms with Crippen molar-refractivity contribution in [3.05, 3.63) is 42.2 Å². The Morgan fingerprint density at radius 2 is 1.80 bits per heavy atom. The molecule has 0 atom stereocenters. The molecule has 20 heavy (non-hydrogen) atoms. The van der Waals surface area contributed by atoms with Gasteiger partial charge in [-0.05, 0) is 24.3 Å². The molecule has 0 amide bonds. The Bertz CT molecular complexity index is 651. The highest BCUT2D eigenvalue weighted by Gasteiger charge is 1.99. The molecule has 98 valence electrons. The van der Waals surface area contributed by atoms with Gasteiger partial charge in [-0.2, -0.15) is 10.5 Å². The van der Waals surface area contributed by atoms with Crippen molar-refractivity contribution >= 4 is 17.3 Å². The molecule has 1 aromatic heterocycles. The van der Waals surface area contributed by atoms with Gasteiger partial charge >= 0.3 is 0 Å². The van der Waals surface area contributed by atoms with Gasteiger partial charge in [-0.1, -0.05) is 0 Å². The average molecular weight is 264 g/mol. The summed E-state index contributed by atoms with van der Waals surface area (Å²) in [4.78, 5) is 8.18. The summed E-state index contributed by atoms with van der Waals surface area (Å²) in [5, 5.41) is 23.4. The van der Waals surface area contributed by atoms with E-state index < -0.39 is 0 Å². The fraction of sp³-hybridized carbons (Fsp3) is 0.143. The fourth-order valence-corrected chi connectivity index (χ4v) is 1.54. The summed E-state index contributed by atoms with van der Waals surface area (Å²) in [6.45, 7) is 0.545. The molecule has 0 radical (unpaired) electrons. The molecule has 0 aliphatic rings. The molecule has 6 heteroatoms. The molecule has 2 rings (SSSR count). The largest absolute Gasteiger partial charge is 0.369 e. The highest BCUT2D eigenvalue weighted by Crippen LogP contribution is 2.16. The standard InChI is InChI=1S/C14H12N6/c15-6-1-7-17-13-8-14(19-10-18-13)20-12-4-2-11(9-16)3-5-12/h2-5,8,10H,1,7H2,(H2,17,18,19,20). The third-order valence-electron chi connectivity index (χ3n) is 2.50. The van der Waals surface area contributed by atoms with Crippen molar-refractivity contribution in [1.82, 2.24) is 9.97 Å². The molecule has 0 spiro atoms. The normalized spacial score (nSPS) is 9.30. The van der Waals surface area contributed by atoms with Crippen LogP contribution < -0.4 is 10.6 Å². The first-order chi connectivity index (χ1) is 9.81. The molecule has 0 aliphatic heterocycles. The van der Waals surface area contributed by atoms with Crippen LogP contribution in [0.5, 0.6) is 0 Å². The molecular formula is C14H12N6. The van der Waals surface area contributed by atoms with Crippen LogP contribution in [0.15, 0.2) is 36.7 Å². The second-order valence-corrected chi connectivity index (χ2v) is 3.94. The second-order valence-electron chi connectivity index (χ2n) is 3.94. The van der Waals surface area contributed by atoms with Crippen molar-refractivity contribution in [3.63, 3.8) is 0 Å². The lowest BCUT2D eigenvalue weighted by Crippen LogP contribution is -2.03. The molecule has 0 saturated carbocycles. The molecule has 6 nitrogen and oxygen atoms in total. The van der Waals surface area contributed by atoms with E-state index in [0.717, 1.165) is 5.69 Å². The molecule has 0 unspecified atom stereocenters. The van der Waals surface area contributed by atoms with E-state index in [1.807, 2.05) is 12.1 Å². The van der Waals surface area contributed by atoms with E-state index in [0.29, 0.717) is 30.2 Å². The highest BCUT2D eigenvalue weighted by atomic mass is 15.1. The molecular weight excluding hydrogens is 252 g/mol. The highest BCUT2D eigenvalue weighted by molar-refractivity contribution is 5.59. The number of aromatic nitrogens is 2. The molecule has 0 aliphatic carbocycles. The van der Waals surface area contributed by atoms with Crippen molar-refractivity contribution in [2.45, 2.75) is 6.42 Å². The number of hydrogen-bond donors (Lipinski definition) is 2. The van der Waals surface area contributed by atoms with E-state index in [1.165, 1.54) is 6.33 Å². The van der Waals surface area contributed by atoms with Crippen molar-refractivity contribution in [2.75, 3.05) is 17.2 Å². The number of rotatable bonds is 5. The van der Waals surface area contributed by atoms with Gasteiger partial charge in [-0.3, -0.25) is 0 Å². The summed E-state index contributed by atoms with van der Waals surface area (Å²) in [6, 6.07) is 13.0. The van der Waals surface area contributed by atoms with Crippen molar-refractivity contribution in [3.8, 4) is 12.1 Å². The van der Waals surface area contributed by atoms with Gasteiger partial charge in [0.05, 0.1) is 24.1 Å². The Morgan fingerprint density at radius 1 is 1.05 bits per heavy atom. The number of hydrogen-bond acceptors (Lipinski definition) is 6. The van der Waals surface area contributed by atoms with Crippen molar-refractivity contribution < 1.29 is 0 Å². The van der Waals surface area contributed by atoms with E-state index in [4.69, 9.17) is 10.5 Å². The van der Waals surface area contributed by atoms with Gasteiger partial charge in [0, 0.05) is 18.3 Å². The minimum Gasteiger partial charge on any atom is -0.369 e. The van der Waals surface area contributed by atoms with Gasteiger partial charge < -0.3 is 10.6 Å². The van der Waals surface area contributed by atoms with E-state index >= 15 is 0 Å². The van der Waals surface area contributed by atoms with Gasteiger partial charge in [0.25, 0.3) is 0 Å². The smallest absolute Gasteiger partial charge is 0.135 e. The minimum atomic E-state index is 0.419. The third kappa shape index (κ3) is 3.69. The zero-order valence-electron chi connectivity index (χ0n) is 10.7. The Balaban J connectivity index is 2.03. The summed E-state index contributed by atoms with van der Waals surface area (Å²) in [5.74, 6) is 1.30. The number of nitriles is 2. The van der Waals surface area contributed by atoms with Gasteiger partial charge in [0.2, 0.25) is 0 Å². The molecule has 1 heterocycles. The molecule has 2 N–H and O–H groups in total. The summed E-state index contributed by atoms with van der Waals surface area (Å²) in [6.07, 6.45) is 1.86. The van der Waals surface area contributed by atoms with Gasteiger partial charge in [0.15, 0.2) is 0 Å². The lowest BCUT2D eigenvalue weighted by molar-refractivity contribution is 1.04. The summed E-state index contributed by atoms with van der Waals surface area (Å²) < 4.78 is 0. The van der Waals surface area contributed by atoms with Crippen molar-refractivity contribution in [1.29, 1.82) is 10.5 Å². The van der Waals surface area contributed by atoms with E-state index in [2.05, 4.69) is 32.7 Å². The summed E-state index contributed by atoms with van der Waals surface area (Å²) in [5.41, 5.74) is 1.45. The van der Waals surface area contributed by atoms with E-state index in [9.17, 15) is 0 Å². The Hall–Kier alpha value is -3.12. The number of nitrogens with one attached hydrogen (secondary N) is 2. The summed E-state index contributed by atoms with van der Waals surface area (Å²) in [7, 11) is 0. The van der Waals surface area contributed by atoms with E-state index in [1.54, 1.807) is 18.2 Å². The Morgan fingerprint density at radius 3 is 2.50 bits per heavy atom. The first kappa shape index (κ1) is 13.3. The first-order valence-corrected chi connectivity index (χ1v) is 6.02. The predicted molar refractivity (Wildman–Crippen MR) is 75.2 cm³/mol. The monoisotopic (exact) mass is 264 g/mol. The zero-order valence-corrected chi connectivity index (χ0v) is 10.7. The molecule has 2 aromatic rings. The Kier molecular flexibility index (Phi) is 4.47. The number of anilines is 3. The second kappa shape index (κ2) is 6.72. The topological polar surface area (TPSA) is 97.4 Å². The Labute approximate surface area is 116 Å². The maximum atomic E-state index is 8.74. The number of benzene rings is 1. The van der Waals surface area contributed by atoms with Crippen LogP contribution in [-0.2, 0) is 0 Å². The molecule has 0 bridgehead atoms. The summed E-state index contributed by atoms with van der Waals surface area (Å²) >= 11 is 0. The van der Waals surface area contributed by atoms with Crippen LogP contribution in [0, 0.1) is 22.7 Å². The first-order valence-electron chi connectivity index (χ1n) is 6.02. The van der Waals surface area contributed by atoms with Gasteiger partial charge in [-0.25, -0.2) is 9.97 Å². The van der Waals surface area contributed by atoms with Crippen molar-refractivity contribution in [2.24, 2.45) is 0 Å². The lowest BCUT2D eigenvalue weighted by atomic mass is 10.2. The molecule has 1 aromatic carbocycles. The number of nitrogens with zero attached hydrogens (tertiary/aromatic N) is 4. The maximum absolute atomic E-state index is 8.74.